The summed E-state index contributed by atoms with van der Waals surface area (Å²) >= 11 is 0. The van der Waals surface area contributed by atoms with Gasteiger partial charge in [-0.15, -0.1) is 0 Å². The van der Waals surface area contributed by atoms with Crippen LogP contribution in [0.1, 0.15) is 52.9 Å². The average molecular weight is 209 g/mol. The van der Waals surface area contributed by atoms with Crippen LogP contribution < -0.4 is 0 Å². The molecule has 0 amide bonds. The molecule has 1 aliphatic heterocycles. The minimum atomic E-state index is 0.531. The summed E-state index contributed by atoms with van der Waals surface area (Å²) in [5, 5.41) is 0. The second kappa shape index (κ2) is 4.45. The van der Waals surface area contributed by atoms with E-state index < -0.39 is 0 Å². The Morgan fingerprint density at radius 3 is 2.13 bits per heavy atom. The second-order valence-corrected chi connectivity index (χ2v) is 6.79. The van der Waals surface area contributed by atoms with Gasteiger partial charge in [0.05, 0.1) is 0 Å². The Morgan fingerprint density at radius 2 is 1.60 bits per heavy atom. The van der Waals surface area contributed by atoms with Gasteiger partial charge in [0.15, 0.2) is 0 Å². The molecule has 0 aromatic heterocycles. The molecule has 0 atom stereocenters. The number of hydrogen-bond donors (Lipinski definition) is 0. The van der Waals surface area contributed by atoms with E-state index in [4.69, 9.17) is 0 Å². The first-order chi connectivity index (χ1) is 7.05. The highest BCUT2D eigenvalue weighted by Gasteiger charge is 2.36. The third-order valence-electron chi connectivity index (χ3n) is 4.42. The standard InChI is InChI=1S/C14H27N/c1-14(2,3)13-10-15(11-13)9-12-7-5-4-6-8-12/h12-13H,4-11H2,1-3H3. The fraction of sp³-hybridized carbons (Fsp3) is 1.00. The molecule has 1 nitrogen and oxygen atoms in total. The van der Waals surface area contributed by atoms with Crippen molar-refractivity contribution >= 4 is 0 Å². The van der Waals surface area contributed by atoms with Crippen molar-refractivity contribution in [2.45, 2.75) is 52.9 Å². The van der Waals surface area contributed by atoms with Gasteiger partial charge in [0.2, 0.25) is 0 Å². The van der Waals surface area contributed by atoms with Gasteiger partial charge in [-0.3, -0.25) is 0 Å². The van der Waals surface area contributed by atoms with E-state index in [9.17, 15) is 0 Å². The molecule has 0 bridgehead atoms. The minimum Gasteiger partial charge on any atom is -0.302 e. The molecule has 88 valence electrons. The summed E-state index contributed by atoms with van der Waals surface area (Å²) in [4.78, 5) is 2.69. The van der Waals surface area contributed by atoms with E-state index >= 15 is 0 Å². The number of rotatable bonds is 2. The fourth-order valence-electron chi connectivity index (χ4n) is 3.00. The predicted octanol–water partition coefficient (Wildman–Crippen LogP) is 3.54. The molecule has 0 radical (unpaired) electrons. The Kier molecular flexibility index (Phi) is 3.39. The first kappa shape index (κ1) is 11.4. The Bertz CT molecular complexity index is 192. The predicted molar refractivity (Wildman–Crippen MR) is 66.0 cm³/mol. The first-order valence-electron chi connectivity index (χ1n) is 6.78. The molecular weight excluding hydrogens is 182 g/mol. The number of likely N-dealkylation sites (tertiary alicyclic amines) is 1. The van der Waals surface area contributed by atoms with Gasteiger partial charge in [0, 0.05) is 19.6 Å². The minimum absolute atomic E-state index is 0.531. The van der Waals surface area contributed by atoms with Gasteiger partial charge in [0.1, 0.15) is 0 Å². The van der Waals surface area contributed by atoms with E-state index in [-0.39, 0.29) is 0 Å². The van der Waals surface area contributed by atoms with Crippen molar-refractivity contribution in [3.63, 3.8) is 0 Å². The Morgan fingerprint density at radius 1 is 1.00 bits per heavy atom. The van der Waals surface area contributed by atoms with Crippen LogP contribution >= 0.6 is 0 Å². The average Bonchev–Trinajstić information content (AvgIpc) is 2.10. The van der Waals surface area contributed by atoms with Gasteiger partial charge in [-0.25, -0.2) is 0 Å². The maximum Gasteiger partial charge on any atom is 0.00272 e. The van der Waals surface area contributed by atoms with Crippen LogP contribution in [0.2, 0.25) is 0 Å². The number of nitrogens with zero attached hydrogens (tertiary/aromatic N) is 1. The van der Waals surface area contributed by atoms with Gasteiger partial charge in [-0.1, -0.05) is 40.0 Å². The van der Waals surface area contributed by atoms with Crippen LogP contribution in [0, 0.1) is 17.3 Å². The normalized spacial score (nSPS) is 26.6. The summed E-state index contributed by atoms with van der Waals surface area (Å²) in [6.07, 6.45) is 7.46. The molecule has 1 heteroatoms. The molecule has 1 saturated carbocycles. The molecule has 0 N–H and O–H groups in total. The fourth-order valence-corrected chi connectivity index (χ4v) is 3.00. The van der Waals surface area contributed by atoms with Crippen molar-refractivity contribution in [3.05, 3.63) is 0 Å². The summed E-state index contributed by atoms with van der Waals surface area (Å²) < 4.78 is 0. The maximum atomic E-state index is 2.69. The van der Waals surface area contributed by atoms with E-state index in [0.717, 1.165) is 11.8 Å². The largest absolute Gasteiger partial charge is 0.302 e. The Labute approximate surface area is 95.2 Å². The van der Waals surface area contributed by atoms with E-state index in [0.29, 0.717) is 5.41 Å². The van der Waals surface area contributed by atoms with Crippen LogP contribution in [0.5, 0.6) is 0 Å². The zero-order chi connectivity index (χ0) is 10.9. The third-order valence-corrected chi connectivity index (χ3v) is 4.42. The second-order valence-electron chi connectivity index (χ2n) is 6.79. The first-order valence-corrected chi connectivity index (χ1v) is 6.78. The summed E-state index contributed by atoms with van der Waals surface area (Å²) in [6.45, 7) is 11.3. The van der Waals surface area contributed by atoms with Crippen LogP contribution in [0.4, 0.5) is 0 Å². The lowest BCUT2D eigenvalue weighted by Gasteiger charge is -2.47. The monoisotopic (exact) mass is 209 g/mol. The molecule has 0 spiro atoms. The highest BCUT2D eigenvalue weighted by atomic mass is 15.2. The molecule has 2 aliphatic rings. The van der Waals surface area contributed by atoms with E-state index in [1.165, 1.54) is 51.7 Å². The molecule has 0 unspecified atom stereocenters. The molecule has 1 heterocycles. The van der Waals surface area contributed by atoms with Crippen molar-refractivity contribution in [1.82, 2.24) is 4.90 Å². The lowest BCUT2D eigenvalue weighted by atomic mass is 9.75. The highest BCUT2D eigenvalue weighted by Crippen LogP contribution is 2.35. The molecule has 0 aromatic rings. The maximum absolute atomic E-state index is 2.69. The van der Waals surface area contributed by atoms with Gasteiger partial charge in [-0.2, -0.15) is 0 Å². The SMILES string of the molecule is CC(C)(C)C1CN(CC2CCCCC2)C1. The number of hydrogen-bond acceptors (Lipinski definition) is 1. The molecule has 2 fully saturated rings. The smallest absolute Gasteiger partial charge is 0.00272 e. The highest BCUT2D eigenvalue weighted by molar-refractivity contribution is 4.88. The van der Waals surface area contributed by atoms with E-state index in [2.05, 4.69) is 25.7 Å². The molecular formula is C14H27N. The molecule has 15 heavy (non-hydrogen) atoms. The summed E-state index contributed by atoms with van der Waals surface area (Å²) in [6, 6.07) is 0. The molecule has 2 rings (SSSR count). The van der Waals surface area contributed by atoms with Crippen LogP contribution in [-0.4, -0.2) is 24.5 Å². The van der Waals surface area contributed by atoms with Crippen LogP contribution in [0.25, 0.3) is 0 Å². The molecule has 1 aliphatic carbocycles. The van der Waals surface area contributed by atoms with Gasteiger partial charge >= 0.3 is 0 Å². The quantitative estimate of drug-likeness (QED) is 0.672. The Balaban J connectivity index is 1.67. The topological polar surface area (TPSA) is 3.24 Å². The van der Waals surface area contributed by atoms with Gasteiger partial charge in [0.25, 0.3) is 0 Å². The van der Waals surface area contributed by atoms with Crippen molar-refractivity contribution in [2.24, 2.45) is 17.3 Å². The van der Waals surface area contributed by atoms with E-state index in [1.807, 2.05) is 0 Å². The lowest BCUT2D eigenvalue weighted by Crippen LogP contribution is -2.53. The van der Waals surface area contributed by atoms with Gasteiger partial charge < -0.3 is 4.90 Å². The molecule has 1 saturated heterocycles. The van der Waals surface area contributed by atoms with Crippen molar-refractivity contribution < 1.29 is 0 Å². The summed E-state index contributed by atoms with van der Waals surface area (Å²) in [5.41, 5.74) is 0.531. The van der Waals surface area contributed by atoms with Gasteiger partial charge in [-0.05, 0) is 30.1 Å². The van der Waals surface area contributed by atoms with Crippen molar-refractivity contribution in [2.75, 3.05) is 19.6 Å². The van der Waals surface area contributed by atoms with Crippen LogP contribution in [0.3, 0.4) is 0 Å². The van der Waals surface area contributed by atoms with E-state index in [1.54, 1.807) is 0 Å². The Hall–Kier alpha value is -0.0400. The third kappa shape index (κ3) is 2.96. The van der Waals surface area contributed by atoms with Crippen molar-refractivity contribution in [1.29, 1.82) is 0 Å². The zero-order valence-electron chi connectivity index (χ0n) is 10.8. The molecule has 0 aromatic carbocycles. The van der Waals surface area contributed by atoms with Crippen LogP contribution in [-0.2, 0) is 0 Å². The summed E-state index contributed by atoms with van der Waals surface area (Å²) in [7, 11) is 0. The lowest BCUT2D eigenvalue weighted by molar-refractivity contribution is 0.0100. The zero-order valence-corrected chi connectivity index (χ0v) is 10.8. The van der Waals surface area contributed by atoms with Crippen molar-refractivity contribution in [3.8, 4) is 0 Å². The van der Waals surface area contributed by atoms with Crippen LogP contribution in [0.15, 0.2) is 0 Å². The summed E-state index contributed by atoms with van der Waals surface area (Å²) in [5.74, 6) is 1.97.